The number of rotatable bonds is 4. The number of amides is 1. The second-order valence-electron chi connectivity index (χ2n) is 6.66. The van der Waals surface area contributed by atoms with Gasteiger partial charge in [-0.05, 0) is 57.2 Å². The van der Waals surface area contributed by atoms with Crippen LogP contribution in [0.2, 0.25) is 0 Å². The molecule has 1 aliphatic rings. The van der Waals surface area contributed by atoms with Gasteiger partial charge in [-0.15, -0.1) is 11.3 Å². The highest BCUT2D eigenvalue weighted by molar-refractivity contribution is 7.17. The topological polar surface area (TPSA) is 55.4 Å². The molecule has 1 amide bonds. The van der Waals surface area contributed by atoms with Gasteiger partial charge in [-0.1, -0.05) is 30.5 Å². The van der Waals surface area contributed by atoms with E-state index in [0.29, 0.717) is 22.7 Å². The first kappa shape index (κ1) is 18.6. The standard InChI is InChI=1S/C21H25NO3S/c1-3-25-21(24)18-16-8-6-4-5-7-9-17(16)26-20(18)22-19(23)15-12-10-14(2)11-13-15/h10-13H,3-9H2,1-2H3,(H,22,23). The molecule has 0 radical (unpaired) electrons. The molecule has 0 atom stereocenters. The number of hydrogen-bond donors (Lipinski definition) is 1. The summed E-state index contributed by atoms with van der Waals surface area (Å²) in [6.45, 7) is 4.12. The number of nitrogens with one attached hydrogen (secondary N) is 1. The summed E-state index contributed by atoms with van der Waals surface area (Å²) in [5, 5.41) is 3.59. The summed E-state index contributed by atoms with van der Waals surface area (Å²) in [4.78, 5) is 26.5. The minimum absolute atomic E-state index is 0.190. The lowest BCUT2D eigenvalue weighted by Gasteiger charge is -2.11. The summed E-state index contributed by atoms with van der Waals surface area (Å²) in [6.07, 6.45) is 6.44. The number of benzene rings is 1. The Balaban J connectivity index is 1.94. The second-order valence-corrected chi connectivity index (χ2v) is 7.77. The summed E-state index contributed by atoms with van der Waals surface area (Å²) < 4.78 is 5.28. The van der Waals surface area contributed by atoms with E-state index in [1.807, 2.05) is 19.1 Å². The van der Waals surface area contributed by atoms with E-state index in [4.69, 9.17) is 4.74 Å². The first-order chi connectivity index (χ1) is 12.6. The zero-order valence-electron chi connectivity index (χ0n) is 15.4. The van der Waals surface area contributed by atoms with Crippen LogP contribution in [0, 0.1) is 6.92 Å². The maximum absolute atomic E-state index is 12.7. The van der Waals surface area contributed by atoms with Crippen LogP contribution in [-0.2, 0) is 17.6 Å². The van der Waals surface area contributed by atoms with Crippen molar-refractivity contribution in [3.63, 3.8) is 0 Å². The largest absolute Gasteiger partial charge is 0.462 e. The number of fused-ring (bicyclic) bond motifs is 1. The molecule has 0 unspecified atom stereocenters. The van der Waals surface area contributed by atoms with Crippen molar-refractivity contribution in [2.75, 3.05) is 11.9 Å². The highest BCUT2D eigenvalue weighted by atomic mass is 32.1. The van der Waals surface area contributed by atoms with Crippen molar-refractivity contribution in [3.8, 4) is 0 Å². The van der Waals surface area contributed by atoms with Gasteiger partial charge in [0.15, 0.2) is 0 Å². The van der Waals surface area contributed by atoms with Crippen molar-refractivity contribution in [2.24, 2.45) is 0 Å². The number of anilines is 1. The van der Waals surface area contributed by atoms with E-state index in [0.717, 1.165) is 36.8 Å². The summed E-state index contributed by atoms with van der Waals surface area (Å²) in [5.74, 6) is -0.519. The summed E-state index contributed by atoms with van der Waals surface area (Å²) in [6, 6.07) is 7.43. The van der Waals surface area contributed by atoms with Gasteiger partial charge in [-0.3, -0.25) is 4.79 Å². The molecule has 0 saturated heterocycles. The zero-order chi connectivity index (χ0) is 18.5. The maximum Gasteiger partial charge on any atom is 0.341 e. The molecule has 1 aromatic heterocycles. The Bertz CT molecular complexity index is 792. The lowest BCUT2D eigenvalue weighted by Crippen LogP contribution is -2.15. The van der Waals surface area contributed by atoms with Crippen LogP contribution in [0.1, 0.15) is 69.3 Å². The third-order valence-electron chi connectivity index (χ3n) is 4.69. The van der Waals surface area contributed by atoms with Gasteiger partial charge in [0.05, 0.1) is 12.2 Å². The number of thiophene rings is 1. The Kier molecular flexibility index (Phi) is 6.09. The molecule has 0 saturated carbocycles. The molecule has 4 nitrogen and oxygen atoms in total. The Morgan fingerprint density at radius 2 is 1.77 bits per heavy atom. The molecule has 138 valence electrons. The molecular weight excluding hydrogens is 346 g/mol. The average molecular weight is 372 g/mol. The highest BCUT2D eigenvalue weighted by Gasteiger charge is 2.26. The van der Waals surface area contributed by atoms with Gasteiger partial charge in [0.1, 0.15) is 5.00 Å². The molecule has 1 N–H and O–H groups in total. The summed E-state index contributed by atoms with van der Waals surface area (Å²) in [7, 11) is 0. The van der Waals surface area contributed by atoms with Crippen LogP contribution in [0.25, 0.3) is 0 Å². The first-order valence-electron chi connectivity index (χ1n) is 9.29. The summed E-state index contributed by atoms with van der Waals surface area (Å²) >= 11 is 1.53. The molecule has 26 heavy (non-hydrogen) atoms. The lowest BCUT2D eigenvalue weighted by atomic mass is 9.96. The van der Waals surface area contributed by atoms with Crippen molar-refractivity contribution in [1.29, 1.82) is 0 Å². The van der Waals surface area contributed by atoms with E-state index in [1.54, 1.807) is 19.1 Å². The minimum Gasteiger partial charge on any atom is -0.462 e. The predicted octanol–water partition coefficient (Wildman–Crippen LogP) is 5.14. The fraction of sp³-hybridized carbons (Fsp3) is 0.429. The van der Waals surface area contributed by atoms with Gasteiger partial charge in [0.2, 0.25) is 0 Å². The Morgan fingerprint density at radius 3 is 2.46 bits per heavy atom. The van der Waals surface area contributed by atoms with E-state index in [-0.39, 0.29) is 11.9 Å². The molecule has 0 aliphatic heterocycles. The highest BCUT2D eigenvalue weighted by Crippen LogP contribution is 2.37. The first-order valence-corrected chi connectivity index (χ1v) is 10.1. The lowest BCUT2D eigenvalue weighted by molar-refractivity contribution is 0.0526. The zero-order valence-corrected chi connectivity index (χ0v) is 16.2. The smallest absolute Gasteiger partial charge is 0.341 e. The Hall–Kier alpha value is -2.14. The predicted molar refractivity (Wildman–Crippen MR) is 105 cm³/mol. The normalized spacial score (nSPS) is 14.1. The molecule has 0 fully saturated rings. The van der Waals surface area contributed by atoms with Gasteiger partial charge >= 0.3 is 5.97 Å². The number of hydrogen-bond acceptors (Lipinski definition) is 4. The number of aryl methyl sites for hydroxylation is 2. The van der Waals surface area contributed by atoms with Crippen LogP contribution >= 0.6 is 11.3 Å². The number of ether oxygens (including phenoxy) is 1. The fourth-order valence-corrected chi connectivity index (χ4v) is 4.58. The van der Waals surface area contributed by atoms with Crippen LogP contribution in [0.4, 0.5) is 5.00 Å². The van der Waals surface area contributed by atoms with E-state index >= 15 is 0 Å². The van der Waals surface area contributed by atoms with Gasteiger partial charge < -0.3 is 10.1 Å². The number of carbonyl (C=O) groups is 2. The molecular formula is C21H25NO3S. The van der Waals surface area contributed by atoms with Gasteiger partial charge in [0.25, 0.3) is 5.91 Å². The number of esters is 1. The van der Waals surface area contributed by atoms with E-state index in [9.17, 15) is 9.59 Å². The van der Waals surface area contributed by atoms with E-state index < -0.39 is 0 Å². The fourth-order valence-electron chi connectivity index (χ4n) is 3.31. The summed E-state index contributed by atoms with van der Waals surface area (Å²) in [5.41, 5.74) is 3.33. The Morgan fingerprint density at radius 1 is 1.08 bits per heavy atom. The van der Waals surface area contributed by atoms with Crippen molar-refractivity contribution in [1.82, 2.24) is 0 Å². The van der Waals surface area contributed by atoms with Crippen LogP contribution in [0.15, 0.2) is 24.3 Å². The van der Waals surface area contributed by atoms with Crippen LogP contribution < -0.4 is 5.32 Å². The molecule has 1 heterocycles. The van der Waals surface area contributed by atoms with Gasteiger partial charge in [-0.2, -0.15) is 0 Å². The van der Waals surface area contributed by atoms with Crippen LogP contribution in [0.3, 0.4) is 0 Å². The monoisotopic (exact) mass is 371 g/mol. The molecule has 5 heteroatoms. The molecule has 0 bridgehead atoms. The van der Waals surface area contributed by atoms with Crippen molar-refractivity contribution >= 4 is 28.2 Å². The second kappa shape index (κ2) is 8.49. The van der Waals surface area contributed by atoms with Gasteiger partial charge in [0, 0.05) is 10.4 Å². The van der Waals surface area contributed by atoms with Gasteiger partial charge in [-0.25, -0.2) is 4.79 Å². The van der Waals surface area contributed by atoms with Crippen molar-refractivity contribution in [3.05, 3.63) is 51.4 Å². The SMILES string of the molecule is CCOC(=O)c1c(NC(=O)c2ccc(C)cc2)sc2c1CCCCCC2. The van der Waals surface area contributed by atoms with E-state index in [2.05, 4.69) is 5.32 Å². The number of carbonyl (C=O) groups excluding carboxylic acids is 2. The third kappa shape index (κ3) is 4.15. The van der Waals surface area contributed by atoms with Crippen molar-refractivity contribution in [2.45, 2.75) is 52.4 Å². The van der Waals surface area contributed by atoms with Crippen molar-refractivity contribution < 1.29 is 14.3 Å². The molecule has 0 spiro atoms. The van der Waals surface area contributed by atoms with E-state index in [1.165, 1.54) is 29.1 Å². The average Bonchev–Trinajstić information content (AvgIpc) is 2.92. The van der Waals surface area contributed by atoms with Crippen LogP contribution in [0.5, 0.6) is 0 Å². The molecule has 3 rings (SSSR count). The molecule has 1 aromatic carbocycles. The van der Waals surface area contributed by atoms with Crippen LogP contribution in [-0.4, -0.2) is 18.5 Å². The molecule has 2 aromatic rings. The molecule has 1 aliphatic carbocycles. The Labute approximate surface area is 158 Å². The quantitative estimate of drug-likeness (QED) is 0.757. The maximum atomic E-state index is 12.7. The third-order valence-corrected chi connectivity index (χ3v) is 5.90. The minimum atomic E-state index is -0.329.